The molecule has 2 atom stereocenters. The highest BCUT2D eigenvalue weighted by molar-refractivity contribution is 6.11. The summed E-state index contributed by atoms with van der Waals surface area (Å²) in [5.74, 6) is 1.55. The van der Waals surface area contributed by atoms with Crippen LogP contribution in [-0.2, 0) is 4.79 Å². The van der Waals surface area contributed by atoms with Crippen molar-refractivity contribution in [3.63, 3.8) is 0 Å². The number of urea groups is 1. The molecule has 1 saturated heterocycles. The van der Waals surface area contributed by atoms with Crippen LogP contribution in [0.3, 0.4) is 0 Å². The van der Waals surface area contributed by atoms with Gasteiger partial charge in [0.05, 0.1) is 24.8 Å². The number of hydrogen-bond acceptors (Lipinski definition) is 6. The molecule has 0 bridgehead atoms. The summed E-state index contributed by atoms with van der Waals surface area (Å²) >= 11 is 0. The van der Waals surface area contributed by atoms with Crippen LogP contribution in [0.1, 0.15) is 48.2 Å². The highest BCUT2D eigenvalue weighted by atomic mass is 16.5. The van der Waals surface area contributed by atoms with Gasteiger partial charge in [-0.2, -0.15) is 0 Å². The number of amidine groups is 1. The van der Waals surface area contributed by atoms with Gasteiger partial charge in [-0.3, -0.25) is 14.7 Å². The molecular formula is C31H34N4O5. The first-order valence-corrected chi connectivity index (χ1v) is 13.4. The van der Waals surface area contributed by atoms with Crippen molar-refractivity contribution < 1.29 is 24.2 Å². The first-order valence-electron chi connectivity index (χ1n) is 13.4. The van der Waals surface area contributed by atoms with Crippen LogP contribution in [-0.4, -0.2) is 65.5 Å². The molecule has 9 heteroatoms. The number of amides is 3. The number of phenolic OH excluding ortho intramolecular Hbond substituents is 1. The molecule has 208 valence electrons. The minimum Gasteiger partial charge on any atom is -0.508 e. The zero-order valence-corrected chi connectivity index (χ0v) is 23.1. The standard InChI is InChI=1S/C31H34N4O5/c1-19(2)40-26-17-24(39-4)12-13-25(26)30-33-28(21-8-10-23(36)11-9-21)29(22-7-5-6-20(3)16-22)35(30)31(38)34-15-14-32-27(37)18-34/h5-13,16-17,19,28-29,36H,14-15,18H2,1-4H3,(H,32,37)/t28-,29+/m0/s1. The second kappa shape index (κ2) is 11.3. The molecule has 5 rings (SSSR count). The molecule has 0 unspecified atom stereocenters. The Bertz CT molecular complexity index is 1440. The number of hydrogen-bond donors (Lipinski definition) is 2. The average molecular weight is 543 g/mol. The van der Waals surface area contributed by atoms with E-state index in [2.05, 4.69) is 11.4 Å². The van der Waals surface area contributed by atoms with Crippen molar-refractivity contribution in [3.8, 4) is 17.2 Å². The lowest BCUT2D eigenvalue weighted by molar-refractivity contribution is -0.123. The van der Waals surface area contributed by atoms with Crippen LogP contribution in [0.15, 0.2) is 71.7 Å². The van der Waals surface area contributed by atoms with E-state index in [0.717, 1.165) is 16.7 Å². The van der Waals surface area contributed by atoms with Crippen molar-refractivity contribution in [3.05, 3.63) is 89.0 Å². The molecule has 2 heterocycles. The molecule has 0 spiro atoms. The number of aryl methyl sites for hydroxylation is 1. The van der Waals surface area contributed by atoms with Crippen molar-refractivity contribution in [1.29, 1.82) is 0 Å². The van der Waals surface area contributed by atoms with Crippen molar-refractivity contribution in [2.45, 2.75) is 39.0 Å². The predicted molar refractivity (Wildman–Crippen MR) is 152 cm³/mol. The third-order valence-electron chi connectivity index (χ3n) is 6.99. The van der Waals surface area contributed by atoms with Crippen LogP contribution in [0, 0.1) is 6.92 Å². The van der Waals surface area contributed by atoms with Gasteiger partial charge in [0.15, 0.2) is 0 Å². The Balaban J connectivity index is 1.72. The van der Waals surface area contributed by atoms with E-state index in [0.29, 0.717) is 36.0 Å². The van der Waals surface area contributed by atoms with Crippen LogP contribution in [0.25, 0.3) is 0 Å². The van der Waals surface area contributed by atoms with E-state index in [1.54, 1.807) is 35.1 Å². The normalized spacial score (nSPS) is 18.9. The van der Waals surface area contributed by atoms with E-state index in [9.17, 15) is 14.7 Å². The lowest BCUT2D eigenvalue weighted by atomic mass is 9.92. The summed E-state index contributed by atoms with van der Waals surface area (Å²) in [5, 5.41) is 12.8. The van der Waals surface area contributed by atoms with Gasteiger partial charge in [-0.05, 0) is 56.2 Å². The van der Waals surface area contributed by atoms with Gasteiger partial charge < -0.3 is 24.8 Å². The summed E-state index contributed by atoms with van der Waals surface area (Å²) in [5.41, 5.74) is 3.44. The Morgan fingerprint density at radius 3 is 2.52 bits per heavy atom. The van der Waals surface area contributed by atoms with E-state index in [4.69, 9.17) is 14.5 Å². The molecule has 0 radical (unpaired) electrons. The maximum absolute atomic E-state index is 14.4. The quantitative estimate of drug-likeness (QED) is 0.474. The topological polar surface area (TPSA) is 104 Å². The first kappa shape index (κ1) is 27.1. The number of carbonyl (C=O) groups excluding carboxylic acids is 2. The molecule has 2 N–H and O–H groups in total. The Labute approximate surface area is 234 Å². The average Bonchev–Trinajstić information content (AvgIpc) is 3.33. The molecule has 3 aromatic carbocycles. The molecular weight excluding hydrogens is 508 g/mol. The zero-order valence-electron chi connectivity index (χ0n) is 23.1. The van der Waals surface area contributed by atoms with Crippen LogP contribution in [0.5, 0.6) is 17.2 Å². The van der Waals surface area contributed by atoms with E-state index in [1.165, 1.54) is 0 Å². The Kier molecular flexibility index (Phi) is 7.64. The number of piperazine rings is 1. The van der Waals surface area contributed by atoms with Gasteiger partial charge in [-0.1, -0.05) is 42.0 Å². The number of benzene rings is 3. The van der Waals surface area contributed by atoms with E-state index < -0.39 is 12.1 Å². The lowest BCUT2D eigenvalue weighted by Crippen LogP contribution is -2.55. The summed E-state index contributed by atoms with van der Waals surface area (Å²) in [4.78, 5) is 35.1. The molecule has 0 saturated carbocycles. The molecule has 0 aliphatic carbocycles. The van der Waals surface area contributed by atoms with Gasteiger partial charge in [-0.25, -0.2) is 4.79 Å². The Morgan fingerprint density at radius 1 is 1.07 bits per heavy atom. The van der Waals surface area contributed by atoms with E-state index >= 15 is 0 Å². The number of rotatable bonds is 6. The van der Waals surface area contributed by atoms with Crippen LogP contribution in [0.4, 0.5) is 4.79 Å². The van der Waals surface area contributed by atoms with Crippen LogP contribution >= 0.6 is 0 Å². The molecule has 1 fully saturated rings. The second-order valence-electron chi connectivity index (χ2n) is 10.3. The molecule has 2 aliphatic rings. The minimum atomic E-state index is -0.508. The number of phenols is 1. The predicted octanol–water partition coefficient (Wildman–Crippen LogP) is 4.59. The number of aromatic hydroxyl groups is 1. The van der Waals surface area contributed by atoms with Crippen molar-refractivity contribution in [2.24, 2.45) is 4.99 Å². The summed E-state index contributed by atoms with van der Waals surface area (Å²) < 4.78 is 11.7. The van der Waals surface area contributed by atoms with E-state index in [1.807, 2.05) is 63.2 Å². The maximum atomic E-state index is 14.4. The molecule has 3 aromatic rings. The van der Waals surface area contributed by atoms with E-state index in [-0.39, 0.29) is 30.3 Å². The molecule has 40 heavy (non-hydrogen) atoms. The van der Waals surface area contributed by atoms with Gasteiger partial charge in [0.1, 0.15) is 35.7 Å². The summed E-state index contributed by atoms with van der Waals surface area (Å²) in [6, 6.07) is 19.1. The Morgan fingerprint density at radius 2 is 1.85 bits per heavy atom. The fourth-order valence-electron chi connectivity index (χ4n) is 5.18. The minimum absolute atomic E-state index is 0.0367. The van der Waals surface area contributed by atoms with Gasteiger partial charge >= 0.3 is 6.03 Å². The first-order chi connectivity index (χ1) is 19.2. The Hall–Kier alpha value is -4.53. The summed E-state index contributed by atoms with van der Waals surface area (Å²) in [6.07, 6.45) is -0.136. The fourth-order valence-corrected chi connectivity index (χ4v) is 5.18. The van der Waals surface area contributed by atoms with Gasteiger partial charge in [0, 0.05) is 19.2 Å². The zero-order chi connectivity index (χ0) is 28.4. The molecule has 3 amide bonds. The maximum Gasteiger partial charge on any atom is 0.326 e. The third-order valence-corrected chi connectivity index (χ3v) is 6.99. The highest BCUT2D eigenvalue weighted by Crippen LogP contribution is 2.45. The number of nitrogens with zero attached hydrogens (tertiary/aromatic N) is 3. The monoisotopic (exact) mass is 542 g/mol. The fraction of sp³-hybridized carbons (Fsp3) is 0.323. The molecule has 9 nitrogen and oxygen atoms in total. The molecule has 0 aromatic heterocycles. The van der Waals surface area contributed by atoms with Gasteiger partial charge in [0.25, 0.3) is 0 Å². The lowest BCUT2D eigenvalue weighted by Gasteiger charge is -2.36. The number of ether oxygens (including phenoxy) is 2. The third kappa shape index (κ3) is 5.45. The SMILES string of the molecule is COc1ccc(C2=N[C@@H](c3ccc(O)cc3)[C@@H](c3cccc(C)c3)N2C(=O)N2CCNC(=O)C2)c(OC(C)C)c1. The van der Waals surface area contributed by atoms with Crippen molar-refractivity contribution >= 4 is 17.8 Å². The number of nitrogens with one attached hydrogen (secondary N) is 1. The smallest absolute Gasteiger partial charge is 0.326 e. The van der Waals surface area contributed by atoms with Crippen molar-refractivity contribution in [1.82, 2.24) is 15.1 Å². The number of carbonyl (C=O) groups is 2. The van der Waals surface area contributed by atoms with Crippen LogP contribution in [0.2, 0.25) is 0 Å². The van der Waals surface area contributed by atoms with Crippen LogP contribution < -0.4 is 14.8 Å². The summed E-state index contributed by atoms with van der Waals surface area (Å²) in [7, 11) is 1.59. The second-order valence-corrected chi connectivity index (χ2v) is 10.3. The van der Waals surface area contributed by atoms with Crippen molar-refractivity contribution in [2.75, 3.05) is 26.7 Å². The van der Waals surface area contributed by atoms with Gasteiger partial charge in [-0.15, -0.1) is 0 Å². The number of aliphatic imine (C=N–C) groups is 1. The van der Waals surface area contributed by atoms with Gasteiger partial charge in [0.2, 0.25) is 5.91 Å². The largest absolute Gasteiger partial charge is 0.508 e. The number of methoxy groups -OCH3 is 1. The molecule has 2 aliphatic heterocycles. The highest BCUT2D eigenvalue weighted by Gasteiger charge is 2.45. The summed E-state index contributed by atoms with van der Waals surface area (Å²) in [6.45, 7) is 6.61.